The van der Waals surface area contributed by atoms with Gasteiger partial charge in [-0.1, -0.05) is 0 Å². The fraction of sp³-hybridized carbons (Fsp3) is 0.789. The van der Waals surface area contributed by atoms with Crippen LogP contribution in [0.15, 0.2) is 0 Å². The maximum absolute atomic E-state index is 12.5. The number of nitrogens with one attached hydrogen (secondary N) is 3. The van der Waals surface area contributed by atoms with Crippen LogP contribution in [0.2, 0.25) is 0 Å². The van der Waals surface area contributed by atoms with Crippen molar-refractivity contribution in [3.05, 3.63) is 0 Å². The summed E-state index contributed by atoms with van der Waals surface area (Å²) < 4.78 is 0. The van der Waals surface area contributed by atoms with E-state index in [1.807, 2.05) is 0 Å². The molecule has 3 amide bonds. The van der Waals surface area contributed by atoms with Crippen LogP contribution >= 0.6 is 0 Å². The molecule has 158 valence electrons. The van der Waals surface area contributed by atoms with Gasteiger partial charge < -0.3 is 26.0 Å². The van der Waals surface area contributed by atoms with Crippen molar-refractivity contribution in [2.75, 3.05) is 32.7 Å². The topological polar surface area (TPSA) is 128 Å². The van der Waals surface area contributed by atoms with E-state index in [9.17, 15) is 19.2 Å². The molecular weight excluding hydrogens is 364 g/mol. The summed E-state index contributed by atoms with van der Waals surface area (Å²) in [6.07, 6.45) is 5.05. The lowest BCUT2D eigenvalue weighted by atomic mass is 9.92. The van der Waals surface area contributed by atoms with E-state index in [4.69, 9.17) is 5.11 Å². The minimum absolute atomic E-state index is 0.0951. The first kappa shape index (κ1) is 22.1. The van der Waals surface area contributed by atoms with E-state index in [0.29, 0.717) is 31.8 Å². The van der Waals surface area contributed by atoms with Gasteiger partial charge in [0.15, 0.2) is 0 Å². The van der Waals surface area contributed by atoms with E-state index in [-0.39, 0.29) is 24.3 Å². The summed E-state index contributed by atoms with van der Waals surface area (Å²) >= 11 is 0. The van der Waals surface area contributed by atoms with Gasteiger partial charge in [-0.15, -0.1) is 0 Å². The monoisotopic (exact) mass is 396 g/mol. The van der Waals surface area contributed by atoms with Crippen molar-refractivity contribution in [1.29, 1.82) is 0 Å². The quantitative estimate of drug-likeness (QED) is 0.446. The van der Waals surface area contributed by atoms with Crippen LogP contribution < -0.4 is 16.0 Å². The minimum Gasteiger partial charge on any atom is -0.480 e. The lowest BCUT2D eigenvalue weighted by molar-refractivity contribution is -0.141. The van der Waals surface area contributed by atoms with E-state index in [0.717, 1.165) is 38.8 Å². The normalized spacial score (nSPS) is 21.6. The van der Waals surface area contributed by atoms with Gasteiger partial charge in [-0.05, 0) is 51.1 Å². The van der Waals surface area contributed by atoms with Crippen molar-refractivity contribution in [2.24, 2.45) is 11.8 Å². The highest BCUT2D eigenvalue weighted by molar-refractivity contribution is 5.84. The number of carboxylic acid groups (broad SMARTS) is 1. The van der Waals surface area contributed by atoms with Crippen LogP contribution in [0.5, 0.6) is 0 Å². The average Bonchev–Trinajstić information content (AvgIpc) is 2.69. The number of hydrogen-bond donors (Lipinski definition) is 4. The summed E-state index contributed by atoms with van der Waals surface area (Å²) in [6.45, 7) is 4.12. The highest BCUT2D eigenvalue weighted by atomic mass is 16.4. The first-order valence-corrected chi connectivity index (χ1v) is 10.1. The lowest BCUT2D eigenvalue weighted by Gasteiger charge is -2.33. The molecule has 2 rings (SSSR count). The molecule has 0 radical (unpaired) electrons. The van der Waals surface area contributed by atoms with Crippen molar-refractivity contribution in [1.82, 2.24) is 20.9 Å². The summed E-state index contributed by atoms with van der Waals surface area (Å²) in [5.74, 6) is -1.59. The van der Waals surface area contributed by atoms with Crippen LogP contribution in [-0.2, 0) is 19.2 Å². The molecule has 2 aliphatic rings. The Bertz CT molecular complexity index is 577. The smallest absolute Gasteiger partial charge is 0.328 e. The van der Waals surface area contributed by atoms with Gasteiger partial charge in [0.05, 0.1) is 5.92 Å². The Morgan fingerprint density at radius 1 is 1.18 bits per heavy atom. The van der Waals surface area contributed by atoms with E-state index in [1.165, 1.54) is 6.92 Å². The number of rotatable bonds is 8. The second-order valence-corrected chi connectivity index (χ2v) is 7.75. The zero-order valence-electron chi connectivity index (χ0n) is 16.5. The highest BCUT2D eigenvalue weighted by Gasteiger charge is 2.29. The Kier molecular flexibility index (Phi) is 8.69. The molecular formula is C19H32N4O5. The molecule has 0 saturated carbocycles. The van der Waals surface area contributed by atoms with Crippen molar-refractivity contribution < 1.29 is 24.3 Å². The summed E-state index contributed by atoms with van der Waals surface area (Å²) in [5.41, 5.74) is 0. The van der Waals surface area contributed by atoms with Crippen LogP contribution in [0.1, 0.15) is 45.4 Å². The summed E-state index contributed by atoms with van der Waals surface area (Å²) in [5, 5.41) is 17.3. The molecule has 2 fully saturated rings. The zero-order chi connectivity index (χ0) is 20.5. The van der Waals surface area contributed by atoms with Gasteiger partial charge in [-0.2, -0.15) is 0 Å². The predicted molar refractivity (Wildman–Crippen MR) is 102 cm³/mol. The van der Waals surface area contributed by atoms with E-state index in [1.54, 1.807) is 4.90 Å². The van der Waals surface area contributed by atoms with Gasteiger partial charge in [-0.3, -0.25) is 14.4 Å². The first-order valence-electron chi connectivity index (χ1n) is 10.1. The molecule has 28 heavy (non-hydrogen) atoms. The van der Waals surface area contributed by atoms with Crippen LogP contribution in [0.4, 0.5) is 0 Å². The Morgan fingerprint density at radius 3 is 2.54 bits per heavy atom. The number of piperidine rings is 2. The third-order valence-electron chi connectivity index (χ3n) is 5.53. The molecule has 0 aromatic carbocycles. The molecule has 4 N–H and O–H groups in total. The molecule has 0 spiro atoms. The first-order chi connectivity index (χ1) is 13.4. The minimum atomic E-state index is -1.20. The van der Waals surface area contributed by atoms with E-state index >= 15 is 0 Å². The molecule has 2 heterocycles. The summed E-state index contributed by atoms with van der Waals surface area (Å²) in [6, 6.07) is -1.16. The van der Waals surface area contributed by atoms with Gasteiger partial charge >= 0.3 is 5.97 Å². The van der Waals surface area contributed by atoms with Crippen LogP contribution in [-0.4, -0.2) is 72.5 Å². The molecule has 9 nitrogen and oxygen atoms in total. The average molecular weight is 396 g/mol. The van der Waals surface area contributed by atoms with Gasteiger partial charge in [0.2, 0.25) is 17.7 Å². The Labute approximate surface area is 165 Å². The maximum atomic E-state index is 12.5. The number of hydrogen-bond acceptors (Lipinski definition) is 5. The third kappa shape index (κ3) is 7.10. The largest absolute Gasteiger partial charge is 0.480 e. The van der Waals surface area contributed by atoms with Gasteiger partial charge in [0, 0.05) is 33.0 Å². The van der Waals surface area contributed by atoms with Crippen LogP contribution in [0, 0.1) is 11.8 Å². The van der Waals surface area contributed by atoms with Gasteiger partial charge in [-0.25, -0.2) is 4.79 Å². The Balaban J connectivity index is 1.77. The Hall–Kier alpha value is -2.16. The third-order valence-corrected chi connectivity index (χ3v) is 5.53. The van der Waals surface area contributed by atoms with Gasteiger partial charge in [0.25, 0.3) is 0 Å². The van der Waals surface area contributed by atoms with Crippen LogP contribution in [0.25, 0.3) is 0 Å². The van der Waals surface area contributed by atoms with E-state index in [2.05, 4.69) is 16.0 Å². The van der Waals surface area contributed by atoms with Crippen molar-refractivity contribution >= 4 is 23.7 Å². The molecule has 0 bridgehead atoms. The molecule has 2 unspecified atom stereocenters. The number of carbonyl (C=O) groups excluding carboxylic acids is 3. The second-order valence-electron chi connectivity index (χ2n) is 7.75. The predicted octanol–water partition coefficient (Wildman–Crippen LogP) is -0.290. The SMILES string of the molecule is CC(=O)NC(CNC(=O)C1CCCN(C(=O)CCC2CCNCC2)C1)C(=O)O. The summed E-state index contributed by atoms with van der Waals surface area (Å²) in [4.78, 5) is 48.9. The molecule has 2 atom stereocenters. The standard InChI is InChI=1S/C19H32N4O5/c1-13(24)22-16(19(27)28)11-21-18(26)15-3-2-10-23(12-15)17(25)5-4-14-6-8-20-9-7-14/h14-16,20H,2-12H2,1H3,(H,21,26)(H,22,24)(H,27,28). The number of likely N-dealkylation sites (tertiary alicyclic amines) is 1. The number of carboxylic acids is 1. The van der Waals surface area contributed by atoms with Gasteiger partial charge in [0.1, 0.15) is 6.04 Å². The number of nitrogens with zero attached hydrogens (tertiary/aromatic N) is 1. The molecule has 2 aliphatic heterocycles. The summed E-state index contributed by atoms with van der Waals surface area (Å²) in [7, 11) is 0. The second kappa shape index (κ2) is 11.0. The zero-order valence-corrected chi connectivity index (χ0v) is 16.5. The van der Waals surface area contributed by atoms with E-state index < -0.39 is 17.9 Å². The highest BCUT2D eigenvalue weighted by Crippen LogP contribution is 2.21. The maximum Gasteiger partial charge on any atom is 0.328 e. The van der Waals surface area contributed by atoms with Crippen molar-refractivity contribution in [3.63, 3.8) is 0 Å². The van der Waals surface area contributed by atoms with Crippen molar-refractivity contribution in [2.45, 2.75) is 51.5 Å². The molecule has 9 heteroatoms. The van der Waals surface area contributed by atoms with Crippen LogP contribution in [0.3, 0.4) is 0 Å². The fourth-order valence-corrected chi connectivity index (χ4v) is 3.87. The molecule has 0 aromatic rings. The van der Waals surface area contributed by atoms with Crippen molar-refractivity contribution in [3.8, 4) is 0 Å². The molecule has 2 saturated heterocycles. The number of carbonyl (C=O) groups is 4. The molecule has 0 aliphatic carbocycles. The fourth-order valence-electron chi connectivity index (χ4n) is 3.87. The number of amides is 3. The number of aliphatic carboxylic acids is 1. The lowest BCUT2D eigenvalue weighted by Crippen LogP contribution is -2.51. The Morgan fingerprint density at radius 2 is 1.89 bits per heavy atom. The molecule has 0 aromatic heterocycles.